The summed E-state index contributed by atoms with van der Waals surface area (Å²) in [6.07, 6.45) is 0. The highest BCUT2D eigenvalue weighted by Gasteiger charge is 2.04. The summed E-state index contributed by atoms with van der Waals surface area (Å²) in [5.41, 5.74) is 3.54. The Morgan fingerprint density at radius 3 is 2.24 bits per heavy atom. The van der Waals surface area contributed by atoms with E-state index in [1.807, 2.05) is 42.5 Å². The van der Waals surface area contributed by atoms with Gasteiger partial charge in [0.25, 0.3) is 0 Å². The minimum atomic E-state index is -0.832. The molecule has 0 heterocycles. The third kappa shape index (κ3) is 3.53. The molecular formula is C15H16OS. The average Bonchev–Trinajstić information content (AvgIpc) is 2.33. The second-order valence-electron chi connectivity index (χ2n) is 4.14. The molecule has 2 heteroatoms. The van der Waals surface area contributed by atoms with Gasteiger partial charge < -0.3 is 0 Å². The van der Waals surface area contributed by atoms with Gasteiger partial charge in [0.15, 0.2) is 0 Å². The monoisotopic (exact) mass is 244 g/mol. The zero-order valence-electron chi connectivity index (χ0n) is 9.93. The molecule has 1 atom stereocenters. The SMILES string of the molecule is Cc1ccccc1C[S@@](=O)Cc1ccccc1. The van der Waals surface area contributed by atoms with Crippen LogP contribution in [-0.4, -0.2) is 4.21 Å². The van der Waals surface area contributed by atoms with Crippen LogP contribution in [0.1, 0.15) is 16.7 Å². The molecule has 0 aliphatic heterocycles. The molecule has 0 fully saturated rings. The minimum absolute atomic E-state index is 0.634. The van der Waals surface area contributed by atoms with Gasteiger partial charge in [-0.25, -0.2) is 0 Å². The smallest absolute Gasteiger partial charge is 0.0491 e. The molecule has 17 heavy (non-hydrogen) atoms. The van der Waals surface area contributed by atoms with Crippen molar-refractivity contribution in [1.29, 1.82) is 0 Å². The first-order chi connectivity index (χ1) is 8.25. The van der Waals surface area contributed by atoms with E-state index in [1.54, 1.807) is 0 Å². The van der Waals surface area contributed by atoms with Crippen LogP contribution in [-0.2, 0) is 22.3 Å². The van der Waals surface area contributed by atoms with Crippen LogP contribution in [0.3, 0.4) is 0 Å². The van der Waals surface area contributed by atoms with E-state index in [0.29, 0.717) is 11.5 Å². The first kappa shape index (κ1) is 12.1. The van der Waals surface area contributed by atoms with Gasteiger partial charge in [0, 0.05) is 22.3 Å². The molecule has 0 aromatic heterocycles. The van der Waals surface area contributed by atoms with Crippen LogP contribution in [0.5, 0.6) is 0 Å². The van der Waals surface area contributed by atoms with Crippen molar-refractivity contribution in [2.24, 2.45) is 0 Å². The Morgan fingerprint density at radius 2 is 1.53 bits per heavy atom. The Kier molecular flexibility index (Phi) is 4.10. The summed E-state index contributed by atoms with van der Waals surface area (Å²) in [5.74, 6) is 1.27. The molecule has 88 valence electrons. The van der Waals surface area contributed by atoms with Crippen molar-refractivity contribution < 1.29 is 4.21 Å². The van der Waals surface area contributed by atoms with Crippen LogP contribution >= 0.6 is 0 Å². The quantitative estimate of drug-likeness (QED) is 0.805. The third-order valence-electron chi connectivity index (χ3n) is 2.75. The molecule has 0 saturated carbocycles. The van der Waals surface area contributed by atoms with E-state index in [1.165, 1.54) is 11.1 Å². The maximum atomic E-state index is 12.0. The molecule has 0 unspecified atom stereocenters. The van der Waals surface area contributed by atoms with Gasteiger partial charge in [0.1, 0.15) is 0 Å². The Hall–Kier alpha value is -1.41. The maximum Gasteiger partial charge on any atom is 0.0491 e. The van der Waals surface area contributed by atoms with Crippen molar-refractivity contribution >= 4 is 10.8 Å². The molecule has 0 saturated heterocycles. The molecule has 0 amide bonds. The molecule has 2 aromatic rings. The molecule has 0 bridgehead atoms. The van der Waals surface area contributed by atoms with E-state index in [0.717, 1.165) is 5.56 Å². The number of hydrogen-bond donors (Lipinski definition) is 0. The van der Waals surface area contributed by atoms with E-state index in [-0.39, 0.29) is 0 Å². The Morgan fingerprint density at radius 1 is 0.882 bits per heavy atom. The molecule has 0 spiro atoms. The van der Waals surface area contributed by atoms with Crippen molar-refractivity contribution in [2.45, 2.75) is 18.4 Å². The van der Waals surface area contributed by atoms with Crippen molar-refractivity contribution in [3.8, 4) is 0 Å². The number of benzene rings is 2. The van der Waals surface area contributed by atoms with Crippen LogP contribution in [0.15, 0.2) is 54.6 Å². The Labute approximate surface area is 105 Å². The summed E-state index contributed by atoms with van der Waals surface area (Å²) in [5, 5.41) is 0. The van der Waals surface area contributed by atoms with Gasteiger partial charge in [0.2, 0.25) is 0 Å². The number of aryl methyl sites for hydroxylation is 1. The van der Waals surface area contributed by atoms with Crippen LogP contribution in [0, 0.1) is 6.92 Å². The standard InChI is InChI=1S/C15H16OS/c1-13-7-5-6-10-15(13)12-17(16)11-14-8-3-2-4-9-14/h2-10H,11-12H2,1H3/t17-/m0/s1. The van der Waals surface area contributed by atoms with Gasteiger partial charge in [-0.1, -0.05) is 54.6 Å². The van der Waals surface area contributed by atoms with Gasteiger partial charge in [-0.3, -0.25) is 4.21 Å². The third-order valence-corrected chi connectivity index (χ3v) is 4.04. The second-order valence-corrected chi connectivity index (χ2v) is 5.60. The lowest BCUT2D eigenvalue weighted by atomic mass is 10.1. The first-order valence-corrected chi connectivity index (χ1v) is 7.18. The first-order valence-electron chi connectivity index (χ1n) is 5.69. The van der Waals surface area contributed by atoms with E-state index in [2.05, 4.69) is 19.1 Å². The van der Waals surface area contributed by atoms with Crippen molar-refractivity contribution in [3.63, 3.8) is 0 Å². The largest absolute Gasteiger partial charge is 0.259 e. The normalized spacial score (nSPS) is 12.3. The summed E-state index contributed by atoms with van der Waals surface area (Å²) in [7, 11) is -0.832. The van der Waals surface area contributed by atoms with E-state index in [4.69, 9.17) is 0 Å². The lowest BCUT2D eigenvalue weighted by molar-refractivity contribution is 0.682. The highest BCUT2D eigenvalue weighted by atomic mass is 32.2. The molecule has 0 aliphatic carbocycles. The fraction of sp³-hybridized carbons (Fsp3) is 0.200. The van der Waals surface area contributed by atoms with Crippen molar-refractivity contribution in [1.82, 2.24) is 0 Å². The fourth-order valence-corrected chi connectivity index (χ4v) is 3.09. The van der Waals surface area contributed by atoms with Crippen LogP contribution in [0.25, 0.3) is 0 Å². The molecule has 0 aliphatic rings. The molecule has 1 nitrogen and oxygen atoms in total. The van der Waals surface area contributed by atoms with Gasteiger partial charge in [-0.15, -0.1) is 0 Å². The van der Waals surface area contributed by atoms with Gasteiger partial charge in [-0.2, -0.15) is 0 Å². The average molecular weight is 244 g/mol. The van der Waals surface area contributed by atoms with Gasteiger partial charge >= 0.3 is 0 Å². The van der Waals surface area contributed by atoms with Crippen LogP contribution < -0.4 is 0 Å². The molecule has 2 rings (SSSR count). The van der Waals surface area contributed by atoms with Crippen LogP contribution in [0.4, 0.5) is 0 Å². The predicted molar refractivity (Wildman–Crippen MR) is 73.2 cm³/mol. The van der Waals surface area contributed by atoms with E-state index in [9.17, 15) is 4.21 Å². The highest BCUT2D eigenvalue weighted by Crippen LogP contribution is 2.12. The summed E-state index contributed by atoms with van der Waals surface area (Å²) >= 11 is 0. The molecule has 2 aromatic carbocycles. The highest BCUT2D eigenvalue weighted by molar-refractivity contribution is 7.83. The predicted octanol–water partition coefficient (Wildman–Crippen LogP) is 3.44. The van der Waals surface area contributed by atoms with Gasteiger partial charge in [-0.05, 0) is 23.6 Å². The van der Waals surface area contributed by atoms with Crippen molar-refractivity contribution in [2.75, 3.05) is 0 Å². The number of rotatable bonds is 4. The van der Waals surface area contributed by atoms with Crippen LogP contribution in [0.2, 0.25) is 0 Å². The lowest BCUT2D eigenvalue weighted by Gasteiger charge is -2.05. The number of hydrogen-bond acceptors (Lipinski definition) is 1. The van der Waals surface area contributed by atoms with E-state index < -0.39 is 10.8 Å². The van der Waals surface area contributed by atoms with E-state index >= 15 is 0 Å². The maximum absolute atomic E-state index is 12.0. The zero-order valence-corrected chi connectivity index (χ0v) is 10.7. The topological polar surface area (TPSA) is 17.1 Å². The second kappa shape index (κ2) is 5.78. The van der Waals surface area contributed by atoms with Crippen molar-refractivity contribution in [3.05, 3.63) is 71.3 Å². The summed E-state index contributed by atoms with van der Waals surface area (Å²) < 4.78 is 12.0. The summed E-state index contributed by atoms with van der Waals surface area (Å²) in [6, 6.07) is 18.1. The summed E-state index contributed by atoms with van der Waals surface area (Å²) in [4.78, 5) is 0. The Bertz CT molecular complexity index is 505. The zero-order chi connectivity index (χ0) is 12.1. The minimum Gasteiger partial charge on any atom is -0.259 e. The molecule has 0 N–H and O–H groups in total. The summed E-state index contributed by atoms with van der Waals surface area (Å²) in [6.45, 7) is 2.06. The van der Waals surface area contributed by atoms with Gasteiger partial charge in [0.05, 0.1) is 0 Å². The lowest BCUT2D eigenvalue weighted by Crippen LogP contribution is -2.00. The molecule has 0 radical (unpaired) electrons. The fourth-order valence-electron chi connectivity index (χ4n) is 1.76. The Balaban J connectivity index is 2.01. The molecular weight excluding hydrogens is 228 g/mol.